The van der Waals surface area contributed by atoms with E-state index < -0.39 is 17.7 Å². The number of rotatable bonds is 8. The number of benzene rings is 1. The quantitative estimate of drug-likeness (QED) is 0.452. The van der Waals surface area contributed by atoms with Crippen molar-refractivity contribution < 1.29 is 33.5 Å². The van der Waals surface area contributed by atoms with Gasteiger partial charge in [-0.25, -0.2) is 9.78 Å². The number of ether oxygens (including phenoxy) is 4. The molecule has 5 fully saturated rings. The Morgan fingerprint density at radius 3 is 2.65 bits per heavy atom. The van der Waals surface area contributed by atoms with E-state index in [1.54, 1.807) is 0 Å². The van der Waals surface area contributed by atoms with Crippen LogP contribution in [0.1, 0.15) is 58.4 Å². The van der Waals surface area contributed by atoms with E-state index in [-0.39, 0.29) is 30.5 Å². The highest BCUT2D eigenvalue weighted by Crippen LogP contribution is 2.60. The molecular formula is C26H37NO7. The highest BCUT2D eigenvalue weighted by atomic mass is 17.3. The van der Waals surface area contributed by atoms with Gasteiger partial charge in [0.1, 0.15) is 5.75 Å². The molecule has 1 amide bonds. The molecule has 1 unspecified atom stereocenters. The van der Waals surface area contributed by atoms with Gasteiger partial charge in [0.2, 0.25) is 11.7 Å². The first-order valence-corrected chi connectivity index (χ1v) is 12.6. The zero-order valence-electron chi connectivity index (χ0n) is 20.4. The van der Waals surface area contributed by atoms with Crippen molar-refractivity contribution in [1.29, 1.82) is 0 Å². The molecule has 2 bridgehead atoms. The van der Waals surface area contributed by atoms with Crippen LogP contribution in [0.15, 0.2) is 24.3 Å². The van der Waals surface area contributed by atoms with Gasteiger partial charge < -0.3 is 24.7 Å². The molecule has 1 spiro atoms. The number of carbonyl (C=O) groups is 1. The molecule has 0 aromatic heterocycles. The van der Waals surface area contributed by atoms with Crippen LogP contribution in [-0.4, -0.2) is 43.1 Å². The summed E-state index contributed by atoms with van der Waals surface area (Å²) in [4.78, 5) is 23.1. The number of nitrogens with two attached hydrogens (primary N) is 1. The van der Waals surface area contributed by atoms with Crippen molar-refractivity contribution in [2.45, 2.75) is 83.3 Å². The Labute approximate surface area is 201 Å². The van der Waals surface area contributed by atoms with E-state index in [1.807, 2.05) is 31.2 Å². The van der Waals surface area contributed by atoms with Crippen LogP contribution >= 0.6 is 0 Å². The highest BCUT2D eigenvalue weighted by Gasteiger charge is 2.69. The normalized spacial score (nSPS) is 40.9. The monoisotopic (exact) mass is 475 g/mol. The highest BCUT2D eigenvalue weighted by molar-refractivity contribution is 5.76. The number of carbonyl (C=O) groups excluding carboxylic acids is 1. The van der Waals surface area contributed by atoms with Crippen molar-refractivity contribution in [1.82, 2.24) is 0 Å². The van der Waals surface area contributed by atoms with Crippen molar-refractivity contribution in [3.8, 4) is 5.75 Å². The first-order chi connectivity index (χ1) is 16.3. The van der Waals surface area contributed by atoms with Gasteiger partial charge in [0, 0.05) is 24.7 Å². The van der Waals surface area contributed by atoms with Crippen LogP contribution < -0.4 is 10.5 Å². The van der Waals surface area contributed by atoms with Crippen molar-refractivity contribution in [3.63, 3.8) is 0 Å². The molecule has 4 heterocycles. The summed E-state index contributed by atoms with van der Waals surface area (Å²) in [5, 5.41) is 0. The minimum Gasteiger partial charge on any atom is -0.494 e. The molecule has 1 saturated carbocycles. The molecule has 5 aliphatic rings. The van der Waals surface area contributed by atoms with E-state index in [4.69, 9.17) is 34.5 Å². The van der Waals surface area contributed by atoms with E-state index in [0.29, 0.717) is 25.0 Å². The second-order valence-electron chi connectivity index (χ2n) is 10.6. The lowest BCUT2D eigenvalue weighted by molar-refractivity contribution is -0.577. The second kappa shape index (κ2) is 9.39. The predicted molar refractivity (Wildman–Crippen MR) is 122 cm³/mol. The van der Waals surface area contributed by atoms with E-state index in [0.717, 1.165) is 37.0 Å². The summed E-state index contributed by atoms with van der Waals surface area (Å²) >= 11 is 0. The molecule has 8 atom stereocenters. The lowest BCUT2D eigenvalue weighted by Crippen LogP contribution is -2.70. The third-order valence-electron chi connectivity index (χ3n) is 8.24. The Balaban J connectivity index is 1.16. The van der Waals surface area contributed by atoms with Gasteiger partial charge in [-0.05, 0) is 55.7 Å². The van der Waals surface area contributed by atoms with Gasteiger partial charge in [0.15, 0.2) is 18.2 Å². The molecule has 6 rings (SSSR count). The third kappa shape index (κ3) is 4.35. The number of fused-ring (bicyclic) bond motifs is 2. The minimum absolute atomic E-state index is 0.166. The summed E-state index contributed by atoms with van der Waals surface area (Å²) in [6.45, 7) is 7.49. The van der Waals surface area contributed by atoms with Crippen molar-refractivity contribution in [2.24, 2.45) is 29.4 Å². The van der Waals surface area contributed by atoms with E-state index in [1.165, 1.54) is 6.42 Å². The predicted octanol–water partition coefficient (Wildman–Crippen LogP) is 3.71. The van der Waals surface area contributed by atoms with Gasteiger partial charge in [-0.3, -0.25) is 4.79 Å². The van der Waals surface area contributed by atoms with Crippen LogP contribution in [0, 0.1) is 23.7 Å². The summed E-state index contributed by atoms with van der Waals surface area (Å²) in [7, 11) is 0. The SMILES string of the molecule is C[C@H]1[C@@H](OCCCOc2ccc(CC(N)=O)cc2)O[C@@H]2O[C@@]3(C)CCC4[C@H](C)CC[C@@H]1[C@]42OO3. The second-order valence-corrected chi connectivity index (χ2v) is 10.6. The first-order valence-electron chi connectivity index (χ1n) is 12.6. The fourth-order valence-electron chi connectivity index (χ4n) is 6.42. The Morgan fingerprint density at radius 1 is 1.09 bits per heavy atom. The molecule has 4 saturated heterocycles. The van der Waals surface area contributed by atoms with Gasteiger partial charge in [-0.15, -0.1) is 0 Å². The Kier molecular flexibility index (Phi) is 6.63. The van der Waals surface area contributed by atoms with Crippen LogP contribution in [0.4, 0.5) is 0 Å². The molecule has 188 valence electrons. The van der Waals surface area contributed by atoms with E-state index in [9.17, 15) is 4.79 Å². The van der Waals surface area contributed by atoms with Crippen molar-refractivity contribution in [2.75, 3.05) is 13.2 Å². The molecule has 8 nitrogen and oxygen atoms in total. The third-order valence-corrected chi connectivity index (χ3v) is 8.24. The lowest BCUT2D eigenvalue weighted by Gasteiger charge is -2.60. The maximum Gasteiger partial charge on any atom is 0.221 e. The topological polar surface area (TPSA) is 98.5 Å². The fourth-order valence-corrected chi connectivity index (χ4v) is 6.42. The molecule has 1 aliphatic carbocycles. The largest absolute Gasteiger partial charge is 0.494 e. The number of amides is 1. The van der Waals surface area contributed by atoms with Crippen molar-refractivity contribution >= 4 is 5.91 Å². The molecule has 2 N–H and O–H groups in total. The fraction of sp³-hybridized carbons (Fsp3) is 0.731. The van der Waals surface area contributed by atoms with Crippen LogP contribution in [0.2, 0.25) is 0 Å². The maximum atomic E-state index is 11.0. The summed E-state index contributed by atoms with van der Waals surface area (Å²) in [6.07, 6.45) is 4.18. The number of hydrogen-bond acceptors (Lipinski definition) is 7. The summed E-state index contributed by atoms with van der Waals surface area (Å²) in [5.74, 6) is 0.963. The van der Waals surface area contributed by atoms with Crippen LogP contribution in [0.5, 0.6) is 5.75 Å². The molecule has 1 aromatic carbocycles. The lowest BCUT2D eigenvalue weighted by atomic mass is 9.58. The van der Waals surface area contributed by atoms with Gasteiger partial charge in [-0.2, -0.15) is 0 Å². The van der Waals surface area contributed by atoms with E-state index >= 15 is 0 Å². The number of hydrogen-bond donors (Lipinski definition) is 1. The minimum atomic E-state index is -0.774. The van der Waals surface area contributed by atoms with Crippen molar-refractivity contribution in [3.05, 3.63) is 29.8 Å². The van der Waals surface area contributed by atoms with E-state index in [2.05, 4.69) is 13.8 Å². The van der Waals surface area contributed by atoms with Crippen LogP contribution in [0.25, 0.3) is 0 Å². The van der Waals surface area contributed by atoms with Gasteiger partial charge in [-0.1, -0.05) is 26.0 Å². The Hall–Kier alpha value is -1.71. The standard InChI is InChI=1S/C26H37NO7/c1-16-5-10-21-17(2)23(31-24-26(21)20(16)11-12-25(3,32-24)33-34-26)30-14-4-13-29-19-8-6-18(7-9-19)15-22(27)28/h6-9,16-17,20-21,23-24H,4-5,10-15H2,1-3H3,(H2,27,28)/t16-,17-,20?,21+,23+,24-,25-,26-/m1/s1. The van der Waals surface area contributed by atoms with Crippen LogP contribution in [-0.2, 0) is 35.2 Å². The van der Waals surface area contributed by atoms with Crippen LogP contribution in [0.3, 0.4) is 0 Å². The van der Waals surface area contributed by atoms with Gasteiger partial charge in [0.05, 0.1) is 19.6 Å². The zero-order valence-corrected chi connectivity index (χ0v) is 20.4. The molecule has 8 heteroatoms. The summed E-state index contributed by atoms with van der Waals surface area (Å²) in [5.41, 5.74) is 5.55. The first kappa shape index (κ1) is 24.0. The summed E-state index contributed by atoms with van der Waals surface area (Å²) < 4.78 is 24.8. The zero-order chi connectivity index (χ0) is 23.9. The average molecular weight is 476 g/mol. The van der Waals surface area contributed by atoms with Gasteiger partial charge in [0.25, 0.3) is 0 Å². The maximum absolute atomic E-state index is 11.0. The molecule has 4 aliphatic heterocycles. The Morgan fingerprint density at radius 2 is 1.88 bits per heavy atom. The summed E-state index contributed by atoms with van der Waals surface area (Å²) in [6, 6.07) is 7.42. The Bertz CT molecular complexity index is 878. The number of primary amides is 1. The molecule has 0 radical (unpaired) electrons. The molecule has 34 heavy (non-hydrogen) atoms. The molecule has 1 aromatic rings. The average Bonchev–Trinajstić information content (AvgIpc) is 3.03. The molecular weight excluding hydrogens is 438 g/mol. The van der Waals surface area contributed by atoms with Gasteiger partial charge >= 0.3 is 0 Å². The smallest absolute Gasteiger partial charge is 0.221 e.